The lowest BCUT2D eigenvalue weighted by Crippen LogP contribution is -2.46. The summed E-state index contributed by atoms with van der Waals surface area (Å²) in [5.74, 6) is -0.168. The Morgan fingerprint density at radius 3 is 1.35 bits per heavy atom. The molecule has 0 aliphatic carbocycles. The number of aliphatic hydroxyl groups excluding tert-OH is 1. The normalized spacial score (nSPS) is 14.6. The Morgan fingerprint density at radius 2 is 0.924 bits per heavy atom. The minimum Gasteiger partial charge on any atom is -0.756 e. The smallest absolute Gasteiger partial charge is 0.268 e. The number of phosphoric ester groups is 1. The van der Waals surface area contributed by atoms with E-state index < -0.39 is 20.0 Å². The maximum absolute atomic E-state index is 12.9. The first-order valence-corrected chi connectivity index (χ1v) is 28.7. The number of amides is 1. The Hall–Kier alpha value is -2.06. The first-order chi connectivity index (χ1) is 32.0. The zero-order valence-electron chi connectivity index (χ0n) is 43.6. The highest BCUT2D eigenvalue weighted by Gasteiger charge is 2.24. The molecule has 0 fully saturated rings. The Kier molecular flexibility index (Phi) is 46.5. The topological polar surface area (TPSA) is 108 Å². The number of carbonyl (C=O) groups is 1. The van der Waals surface area contributed by atoms with Crippen molar-refractivity contribution in [1.82, 2.24) is 5.32 Å². The second kappa shape index (κ2) is 48.0. The lowest BCUT2D eigenvalue weighted by molar-refractivity contribution is -0.870. The number of unbranched alkanes of at least 4 members (excludes halogenated alkanes) is 24. The van der Waals surface area contributed by atoms with Gasteiger partial charge in [-0.2, -0.15) is 0 Å². The van der Waals surface area contributed by atoms with Crippen LogP contribution in [-0.2, 0) is 18.4 Å². The summed E-state index contributed by atoms with van der Waals surface area (Å²) in [4.78, 5) is 25.4. The summed E-state index contributed by atoms with van der Waals surface area (Å²) in [6, 6.07) is -0.802. The number of nitrogens with one attached hydrogen (secondary N) is 1. The third-order valence-corrected chi connectivity index (χ3v) is 12.9. The van der Waals surface area contributed by atoms with Crippen molar-refractivity contribution in [2.24, 2.45) is 0 Å². The number of rotatable bonds is 49. The van der Waals surface area contributed by atoms with E-state index in [1.807, 2.05) is 21.1 Å². The molecule has 0 aromatic rings. The van der Waals surface area contributed by atoms with Crippen molar-refractivity contribution in [1.29, 1.82) is 0 Å². The average Bonchev–Trinajstić information content (AvgIpc) is 3.28. The van der Waals surface area contributed by atoms with Gasteiger partial charge in [0.2, 0.25) is 5.91 Å². The van der Waals surface area contributed by atoms with Crippen molar-refractivity contribution in [2.45, 2.75) is 244 Å². The molecule has 3 atom stereocenters. The van der Waals surface area contributed by atoms with Gasteiger partial charge in [0.1, 0.15) is 13.2 Å². The maximum Gasteiger partial charge on any atom is 0.268 e. The molecule has 9 heteroatoms. The summed E-state index contributed by atoms with van der Waals surface area (Å²) < 4.78 is 23.3. The molecule has 2 N–H and O–H groups in total. The van der Waals surface area contributed by atoms with Gasteiger partial charge in [-0.3, -0.25) is 9.36 Å². The van der Waals surface area contributed by atoms with Gasteiger partial charge in [0.15, 0.2) is 0 Å². The SMILES string of the molecule is CC/C=C\C/C=C\C/C=C\C/C=C\C/C=C\C/C=C\CCCCCCCCCCCCCCCCC(=O)NC(COP(=O)([O-])OCC[N+](C)(C)C)C(O)CCCCCCCCCCCCC. The number of likely N-dealkylation sites (N-methyl/N-ethyl adjacent to an activating group) is 1. The molecular formula is C57H105N2O6P. The molecule has 0 aromatic carbocycles. The van der Waals surface area contributed by atoms with Crippen LogP contribution in [0.3, 0.4) is 0 Å². The number of carbonyl (C=O) groups excluding carboxylic acids is 1. The van der Waals surface area contributed by atoms with Crippen molar-refractivity contribution < 1.29 is 32.9 Å². The fourth-order valence-corrected chi connectivity index (χ4v) is 8.41. The molecule has 0 bridgehead atoms. The fourth-order valence-electron chi connectivity index (χ4n) is 7.69. The molecule has 0 spiro atoms. The van der Waals surface area contributed by atoms with Gasteiger partial charge in [0.05, 0.1) is 39.9 Å². The molecule has 0 saturated heterocycles. The average molecular weight is 945 g/mol. The molecule has 0 aliphatic heterocycles. The number of hydrogen-bond donors (Lipinski definition) is 2. The van der Waals surface area contributed by atoms with Crippen LogP contribution >= 0.6 is 7.82 Å². The van der Waals surface area contributed by atoms with Gasteiger partial charge in [-0.25, -0.2) is 0 Å². The van der Waals surface area contributed by atoms with E-state index in [-0.39, 0.29) is 19.1 Å². The number of quaternary nitrogens is 1. The monoisotopic (exact) mass is 945 g/mol. The lowest BCUT2D eigenvalue weighted by atomic mass is 10.0. The van der Waals surface area contributed by atoms with E-state index >= 15 is 0 Å². The second-order valence-corrected chi connectivity index (χ2v) is 21.0. The number of hydrogen-bond acceptors (Lipinski definition) is 6. The van der Waals surface area contributed by atoms with Crippen LogP contribution in [0.4, 0.5) is 0 Å². The molecule has 8 nitrogen and oxygen atoms in total. The molecular weight excluding hydrogens is 840 g/mol. The molecule has 1 amide bonds. The summed E-state index contributed by atoms with van der Waals surface area (Å²) in [5.41, 5.74) is 0. The van der Waals surface area contributed by atoms with Crippen molar-refractivity contribution >= 4 is 13.7 Å². The molecule has 0 aliphatic rings. The molecule has 0 heterocycles. The van der Waals surface area contributed by atoms with Gasteiger partial charge in [-0.05, 0) is 64.2 Å². The first kappa shape index (κ1) is 63.9. The van der Waals surface area contributed by atoms with Crippen LogP contribution in [0.5, 0.6) is 0 Å². The van der Waals surface area contributed by atoms with Crippen LogP contribution in [0, 0.1) is 0 Å². The second-order valence-electron chi connectivity index (χ2n) is 19.6. The van der Waals surface area contributed by atoms with Crippen molar-refractivity contribution in [2.75, 3.05) is 40.9 Å². The highest BCUT2D eigenvalue weighted by atomic mass is 31.2. The Morgan fingerprint density at radius 1 is 0.545 bits per heavy atom. The van der Waals surface area contributed by atoms with Crippen LogP contribution in [0.15, 0.2) is 72.9 Å². The van der Waals surface area contributed by atoms with Gasteiger partial charge in [-0.1, -0.05) is 234 Å². The third-order valence-electron chi connectivity index (χ3n) is 12.0. The van der Waals surface area contributed by atoms with E-state index in [0.29, 0.717) is 23.9 Å². The minimum absolute atomic E-state index is 0.0103. The Bertz CT molecular complexity index is 1300. The van der Waals surface area contributed by atoms with E-state index in [1.54, 1.807) is 0 Å². The van der Waals surface area contributed by atoms with E-state index in [9.17, 15) is 19.4 Å². The molecule has 384 valence electrons. The number of phosphoric acid groups is 1. The molecule has 0 saturated carbocycles. The van der Waals surface area contributed by atoms with Gasteiger partial charge in [0, 0.05) is 6.42 Å². The lowest BCUT2D eigenvalue weighted by Gasteiger charge is -2.30. The van der Waals surface area contributed by atoms with Gasteiger partial charge in [-0.15, -0.1) is 0 Å². The van der Waals surface area contributed by atoms with Crippen LogP contribution in [0.1, 0.15) is 232 Å². The number of nitrogens with zero attached hydrogens (tertiary/aromatic N) is 1. The predicted octanol–water partition coefficient (Wildman–Crippen LogP) is 15.7. The van der Waals surface area contributed by atoms with Gasteiger partial charge < -0.3 is 28.8 Å². The highest BCUT2D eigenvalue weighted by Crippen LogP contribution is 2.38. The molecule has 3 unspecified atom stereocenters. The predicted molar refractivity (Wildman–Crippen MR) is 284 cm³/mol. The zero-order chi connectivity index (χ0) is 48.5. The quantitative estimate of drug-likeness (QED) is 0.0272. The maximum atomic E-state index is 12.9. The van der Waals surface area contributed by atoms with Gasteiger partial charge in [0.25, 0.3) is 7.82 Å². The Balaban J connectivity index is 4.03. The van der Waals surface area contributed by atoms with E-state index in [2.05, 4.69) is 92.1 Å². The number of allylic oxidation sites excluding steroid dienone is 12. The zero-order valence-corrected chi connectivity index (χ0v) is 44.5. The summed E-state index contributed by atoms with van der Waals surface area (Å²) in [5, 5.41) is 13.9. The summed E-state index contributed by atoms with van der Waals surface area (Å²) >= 11 is 0. The molecule has 0 radical (unpaired) electrons. The van der Waals surface area contributed by atoms with Gasteiger partial charge >= 0.3 is 0 Å². The molecule has 0 rings (SSSR count). The van der Waals surface area contributed by atoms with E-state index in [4.69, 9.17) is 9.05 Å². The summed E-state index contributed by atoms with van der Waals surface area (Å²) in [6.45, 7) is 4.59. The number of aliphatic hydroxyl groups is 1. The Labute approximate surface area is 408 Å². The largest absolute Gasteiger partial charge is 0.756 e. The minimum atomic E-state index is -4.57. The first-order valence-electron chi connectivity index (χ1n) is 27.3. The van der Waals surface area contributed by atoms with Crippen LogP contribution < -0.4 is 10.2 Å². The third kappa shape index (κ3) is 49.8. The van der Waals surface area contributed by atoms with Crippen molar-refractivity contribution in [3.05, 3.63) is 72.9 Å². The van der Waals surface area contributed by atoms with Crippen LogP contribution in [-0.4, -0.2) is 68.5 Å². The van der Waals surface area contributed by atoms with Crippen molar-refractivity contribution in [3.8, 4) is 0 Å². The standard InChI is InChI=1S/C57H105N2O6P/c1-6-8-10-12-14-16-18-19-20-21-22-23-24-25-26-27-28-29-30-31-32-33-34-35-36-37-38-39-41-43-45-47-49-51-57(61)58-55(54-65-66(62,63)64-53-52-59(3,4)5)56(60)50-48-46-44-42-40-17-15-13-11-9-7-2/h8,10,14,16,19-20,22-23,25-26,28-29,55-56,60H,6-7,9,11-13,15,17-18,21,24,27,30-54H2,1-5H3,(H-,58,61,62,63)/b10-8-,16-14-,20-19-,23-22-,26-25-,29-28-. The molecule has 0 aromatic heterocycles. The summed E-state index contributed by atoms with van der Waals surface area (Å²) in [6.07, 6.45) is 65.1. The van der Waals surface area contributed by atoms with E-state index in [1.165, 1.54) is 128 Å². The highest BCUT2D eigenvalue weighted by molar-refractivity contribution is 7.45. The molecule has 66 heavy (non-hydrogen) atoms. The van der Waals surface area contributed by atoms with Crippen LogP contribution in [0.2, 0.25) is 0 Å². The van der Waals surface area contributed by atoms with Crippen LogP contribution in [0.25, 0.3) is 0 Å². The van der Waals surface area contributed by atoms with Crippen molar-refractivity contribution in [3.63, 3.8) is 0 Å². The summed E-state index contributed by atoms with van der Waals surface area (Å²) in [7, 11) is 1.30. The fraction of sp³-hybridized carbons (Fsp3) is 0.772. The van der Waals surface area contributed by atoms with E-state index in [0.717, 1.165) is 77.0 Å².